The van der Waals surface area contributed by atoms with Gasteiger partial charge >= 0.3 is 0 Å². The minimum absolute atomic E-state index is 0.152. The van der Waals surface area contributed by atoms with E-state index in [1.165, 1.54) is 4.68 Å². The van der Waals surface area contributed by atoms with E-state index in [1.807, 2.05) is 0 Å². The summed E-state index contributed by atoms with van der Waals surface area (Å²) in [4.78, 5) is 23.7. The Bertz CT molecular complexity index is 732. The number of anilines is 1. The third-order valence-electron chi connectivity index (χ3n) is 3.47. The standard InChI is InChI=1S/C14H16N4O3/c1-9-7-12(17-21-9)15-13(19)5-6-18-14(20)8-10-3-2-4-11(10)16-18/h7-8H,2-6H2,1H3,(H,15,17,19). The lowest BCUT2D eigenvalue weighted by Gasteiger charge is -2.06. The van der Waals surface area contributed by atoms with Crippen molar-refractivity contribution in [1.82, 2.24) is 14.9 Å². The number of fused-ring (bicyclic) bond motifs is 1. The van der Waals surface area contributed by atoms with Gasteiger partial charge in [-0.3, -0.25) is 9.59 Å². The summed E-state index contributed by atoms with van der Waals surface area (Å²) in [7, 11) is 0. The highest BCUT2D eigenvalue weighted by molar-refractivity contribution is 5.89. The molecule has 0 saturated heterocycles. The predicted octanol–water partition coefficient (Wildman–Crippen LogP) is 1.06. The van der Waals surface area contributed by atoms with Crippen molar-refractivity contribution in [2.24, 2.45) is 0 Å². The number of rotatable bonds is 4. The van der Waals surface area contributed by atoms with Crippen LogP contribution in [0, 0.1) is 6.92 Å². The first-order chi connectivity index (χ1) is 10.1. The van der Waals surface area contributed by atoms with Gasteiger partial charge in [-0.15, -0.1) is 0 Å². The average Bonchev–Trinajstić information content (AvgIpc) is 3.04. The van der Waals surface area contributed by atoms with Crippen LogP contribution in [0.4, 0.5) is 5.82 Å². The van der Waals surface area contributed by atoms with Crippen LogP contribution in [-0.4, -0.2) is 20.8 Å². The van der Waals surface area contributed by atoms with E-state index >= 15 is 0 Å². The molecule has 0 aliphatic heterocycles. The van der Waals surface area contributed by atoms with Crippen LogP contribution in [-0.2, 0) is 24.2 Å². The predicted molar refractivity (Wildman–Crippen MR) is 75.0 cm³/mol. The summed E-state index contributed by atoms with van der Waals surface area (Å²) in [5.41, 5.74) is 1.86. The number of aryl methyl sites for hydroxylation is 4. The van der Waals surface area contributed by atoms with Crippen molar-refractivity contribution >= 4 is 11.7 Å². The topological polar surface area (TPSA) is 90.0 Å². The van der Waals surface area contributed by atoms with Crippen LogP contribution in [0.2, 0.25) is 0 Å². The number of aromatic nitrogens is 3. The second-order valence-corrected chi connectivity index (χ2v) is 5.15. The molecule has 2 aromatic rings. The molecular formula is C14H16N4O3. The fraction of sp³-hybridized carbons (Fsp3) is 0.429. The first-order valence-corrected chi connectivity index (χ1v) is 6.95. The van der Waals surface area contributed by atoms with Crippen molar-refractivity contribution in [2.75, 3.05) is 5.32 Å². The van der Waals surface area contributed by atoms with Gasteiger partial charge in [-0.1, -0.05) is 5.16 Å². The van der Waals surface area contributed by atoms with Gasteiger partial charge in [0.2, 0.25) is 5.91 Å². The molecule has 7 nitrogen and oxygen atoms in total. The molecule has 1 aliphatic rings. The lowest BCUT2D eigenvalue weighted by Crippen LogP contribution is -2.26. The van der Waals surface area contributed by atoms with E-state index in [-0.39, 0.29) is 24.4 Å². The molecule has 1 aliphatic carbocycles. The van der Waals surface area contributed by atoms with E-state index in [0.29, 0.717) is 11.6 Å². The number of nitrogens with zero attached hydrogens (tertiary/aromatic N) is 3. The van der Waals surface area contributed by atoms with Gasteiger partial charge in [0.15, 0.2) is 5.82 Å². The molecule has 0 bridgehead atoms. The molecule has 7 heteroatoms. The van der Waals surface area contributed by atoms with E-state index in [9.17, 15) is 9.59 Å². The third-order valence-corrected chi connectivity index (χ3v) is 3.47. The van der Waals surface area contributed by atoms with Gasteiger partial charge in [-0.25, -0.2) is 4.68 Å². The third kappa shape index (κ3) is 3.01. The summed E-state index contributed by atoms with van der Waals surface area (Å²) in [5, 5.41) is 10.6. The summed E-state index contributed by atoms with van der Waals surface area (Å²) >= 11 is 0. The molecule has 21 heavy (non-hydrogen) atoms. The van der Waals surface area contributed by atoms with E-state index in [2.05, 4.69) is 15.6 Å². The van der Waals surface area contributed by atoms with Crippen LogP contribution in [0.3, 0.4) is 0 Å². The van der Waals surface area contributed by atoms with E-state index in [1.54, 1.807) is 19.1 Å². The van der Waals surface area contributed by atoms with Gasteiger partial charge in [0.1, 0.15) is 5.76 Å². The Labute approximate surface area is 120 Å². The maximum atomic E-state index is 11.9. The second kappa shape index (κ2) is 5.51. The van der Waals surface area contributed by atoms with Gasteiger partial charge in [0.05, 0.1) is 12.2 Å². The maximum absolute atomic E-state index is 11.9. The highest BCUT2D eigenvalue weighted by Crippen LogP contribution is 2.17. The van der Waals surface area contributed by atoms with Gasteiger partial charge in [-0.05, 0) is 31.7 Å². The van der Waals surface area contributed by atoms with Crippen LogP contribution in [0.1, 0.15) is 29.9 Å². The monoisotopic (exact) mass is 288 g/mol. The van der Waals surface area contributed by atoms with Gasteiger partial charge < -0.3 is 9.84 Å². The molecule has 0 saturated carbocycles. The first-order valence-electron chi connectivity index (χ1n) is 6.95. The lowest BCUT2D eigenvalue weighted by molar-refractivity contribution is -0.116. The van der Waals surface area contributed by atoms with Gasteiger partial charge in [-0.2, -0.15) is 5.10 Å². The largest absolute Gasteiger partial charge is 0.360 e. The van der Waals surface area contributed by atoms with E-state index < -0.39 is 0 Å². The molecule has 0 unspecified atom stereocenters. The summed E-state index contributed by atoms with van der Waals surface area (Å²) < 4.78 is 6.22. The molecular weight excluding hydrogens is 272 g/mol. The van der Waals surface area contributed by atoms with Crippen molar-refractivity contribution in [3.63, 3.8) is 0 Å². The minimum atomic E-state index is -0.225. The molecule has 110 valence electrons. The molecule has 2 heterocycles. The fourth-order valence-electron chi connectivity index (χ4n) is 2.44. The minimum Gasteiger partial charge on any atom is -0.360 e. The van der Waals surface area contributed by atoms with Gasteiger partial charge in [0, 0.05) is 18.6 Å². The molecule has 1 N–H and O–H groups in total. The van der Waals surface area contributed by atoms with Crippen LogP contribution < -0.4 is 10.9 Å². The van der Waals surface area contributed by atoms with Crippen molar-refractivity contribution in [2.45, 2.75) is 39.2 Å². The summed E-state index contributed by atoms with van der Waals surface area (Å²) in [5.74, 6) is 0.783. The highest BCUT2D eigenvalue weighted by atomic mass is 16.5. The summed E-state index contributed by atoms with van der Waals surface area (Å²) in [6.45, 7) is 2.01. The maximum Gasteiger partial charge on any atom is 0.267 e. The fourth-order valence-corrected chi connectivity index (χ4v) is 2.44. The lowest BCUT2D eigenvalue weighted by atomic mass is 10.2. The molecule has 2 aromatic heterocycles. The molecule has 0 aromatic carbocycles. The van der Waals surface area contributed by atoms with Crippen LogP contribution >= 0.6 is 0 Å². The average molecular weight is 288 g/mol. The van der Waals surface area contributed by atoms with Crippen molar-refractivity contribution in [1.29, 1.82) is 0 Å². The zero-order valence-corrected chi connectivity index (χ0v) is 11.8. The Morgan fingerprint density at radius 3 is 3.05 bits per heavy atom. The summed E-state index contributed by atoms with van der Waals surface area (Å²) in [6.07, 6.45) is 3.03. The Hall–Kier alpha value is -2.44. The molecule has 0 atom stereocenters. The second-order valence-electron chi connectivity index (χ2n) is 5.15. The summed E-state index contributed by atoms with van der Waals surface area (Å²) in [6, 6.07) is 3.27. The Kier molecular flexibility index (Phi) is 3.55. The van der Waals surface area contributed by atoms with Crippen molar-refractivity contribution < 1.29 is 9.32 Å². The number of nitrogens with one attached hydrogen (secondary N) is 1. The number of hydrogen-bond acceptors (Lipinski definition) is 5. The van der Waals surface area contributed by atoms with Crippen LogP contribution in [0.25, 0.3) is 0 Å². The number of carbonyl (C=O) groups is 1. The quantitative estimate of drug-likeness (QED) is 0.908. The normalized spacial score (nSPS) is 13.2. The van der Waals surface area contributed by atoms with Crippen LogP contribution in [0.15, 0.2) is 21.5 Å². The first kappa shape index (κ1) is 13.5. The molecule has 1 amide bonds. The SMILES string of the molecule is Cc1cc(NC(=O)CCn2nc3c(cc2=O)CCC3)no1. The molecule has 0 spiro atoms. The number of amides is 1. The number of hydrogen-bond donors (Lipinski definition) is 1. The molecule has 0 fully saturated rings. The van der Waals surface area contributed by atoms with Crippen molar-refractivity contribution in [3.8, 4) is 0 Å². The Balaban J connectivity index is 1.62. The smallest absolute Gasteiger partial charge is 0.267 e. The molecule has 3 rings (SSSR count). The van der Waals surface area contributed by atoms with Crippen molar-refractivity contribution in [3.05, 3.63) is 39.5 Å². The zero-order chi connectivity index (χ0) is 14.8. The van der Waals surface area contributed by atoms with E-state index in [4.69, 9.17) is 4.52 Å². The highest BCUT2D eigenvalue weighted by Gasteiger charge is 2.15. The zero-order valence-electron chi connectivity index (χ0n) is 11.8. The Morgan fingerprint density at radius 1 is 1.43 bits per heavy atom. The number of carbonyl (C=O) groups excluding carboxylic acids is 1. The van der Waals surface area contributed by atoms with Crippen LogP contribution in [0.5, 0.6) is 0 Å². The van der Waals surface area contributed by atoms with Gasteiger partial charge in [0.25, 0.3) is 5.56 Å². The molecule has 0 radical (unpaired) electrons. The Morgan fingerprint density at radius 2 is 2.29 bits per heavy atom. The van der Waals surface area contributed by atoms with E-state index in [0.717, 1.165) is 30.5 Å².